The van der Waals surface area contributed by atoms with Crippen LogP contribution in [0.5, 0.6) is 0 Å². The number of hydrogen-bond donors (Lipinski definition) is 2. The van der Waals surface area contributed by atoms with E-state index in [-0.39, 0.29) is 12.4 Å². The summed E-state index contributed by atoms with van der Waals surface area (Å²) in [5.74, 6) is -0.369. The Morgan fingerprint density at radius 3 is 2.46 bits per heavy atom. The van der Waals surface area contributed by atoms with E-state index in [2.05, 4.69) is 5.32 Å². The summed E-state index contributed by atoms with van der Waals surface area (Å²) in [5.41, 5.74) is 1.12. The zero-order chi connectivity index (χ0) is 10.3. The SMILES string of the molecule is CC.CNc1ccc(F)c(CO)c1. The first-order valence-corrected chi connectivity index (χ1v) is 4.35. The predicted molar refractivity (Wildman–Crippen MR) is 53.2 cm³/mol. The van der Waals surface area contributed by atoms with E-state index >= 15 is 0 Å². The van der Waals surface area contributed by atoms with Crippen molar-refractivity contribution in [1.29, 1.82) is 0 Å². The highest BCUT2D eigenvalue weighted by atomic mass is 19.1. The summed E-state index contributed by atoms with van der Waals surface area (Å²) in [6.45, 7) is 3.74. The van der Waals surface area contributed by atoms with Gasteiger partial charge in [-0.05, 0) is 18.2 Å². The third-order valence-corrected chi connectivity index (χ3v) is 1.50. The Kier molecular flexibility index (Phi) is 5.89. The molecule has 3 heteroatoms. The highest BCUT2D eigenvalue weighted by Gasteiger charge is 1.99. The molecule has 0 fully saturated rings. The van der Waals surface area contributed by atoms with Gasteiger partial charge in [0.1, 0.15) is 5.82 Å². The molecule has 0 aliphatic heterocycles. The second-order valence-corrected chi connectivity index (χ2v) is 2.21. The predicted octanol–water partition coefficient (Wildman–Crippen LogP) is 2.39. The Labute approximate surface area is 78.4 Å². The quantitative estimate of drug-likeness (QED) is 0.741. The van der Waals surface area contributed by atoms with Crippen molar-refractivity contribution in [2.75, 3.05) is 12.4 Å². The fourth-order valence-corrected chi connectivity index (χ4v) is 0.851. The van der Waals surface area contributed by atoms with Gasteiger partial charge in [-0.25, -0.2) is 4.39 Å². The Morgan fingerprint density at radius 2 is 2.00 bits per heavy atom. The van der Waals surface area contributed by atoms with Gasteiger partial charge < -0.3 is 10.4 Å². The minimum Gasteiger partial charge on any atom is -0.392 e. The van der Waals surface area contributed by atoms with E-state index in [1.165, 1.54) is 6.07 Å². The zero-order valence-corrected chi connectivity index (χ0v) is 8.26. The third-order valence-electron chi connectivity index (χ3n) is 1.50. The lowest BCUT2D eigenvalue weighted by atomic mass is 10.2. The van der Waals surface area contributed by atoms with Crippen LogP contribution in [-0.4, -0.2) is 12.2 Å². The van der Waals surface area contributed by atoms with Gasteiger partial charge >= 0.3 is 0 Å². The molecule has 0 radical (unpaired) electrons. The lowest BCUT2D eigenvalue weighted by Gasteiger charge is -2.02. The Bertz CT molecular complexity index is 251. The molecule has 0 aliphatic carbocycles. The standard InChI is InChI=1S/C8H10FNO.C2H6/c1-10-7-2-3-8(9)6(4-7)5-11;1-2/h2-4,10-11H,5H2,1H3;1-2H3. The smallest absolute Gasteiger partial charge is 0.128 e. The summed E-state index contributed by atoms with van der Waals surface area (Å²) < 4.78 is 12.7. The zero-order valence-electron chi connectivity index (χ0n) is 8.26. The molecule has 0 atom stereocenters. The molecule has 0 aliphatic rings. The molecular weight excluding hydrogens is 169 g/mol. The van der Waals surface area contributed by atoms with Crippen molar-refractivity contribution in [3.05, 3.63) is 29.6 Å². The normalized spacial score (nSPS) is 8.69. The lowest BCUT2D eigenvalue weighted by molar-refractivity contribution is 0.276. The highest BCUT2D eigenvalue weighted by Crippen LogP contribution is 2.13. The van der Waals surface area contributed by atoms with Crippen molar-refractivity contribution in [2.45, 2.75) is 20.5 Å². The average molecular weight is 185 g/mol. The number of nitrogens with one attached hydrogen (secondary N) is 1. The molecule has 2 nitrogen and oxygen atoms in total. The molecule has 0 unspecified atom stereocenters. The molecule has 1 aromatic carbocycles. The summed E-state index contributed by atoms with van der Waals surface area (Å²) in [7, 11) is 1.74. The van der Waals surface area contributed by atoms with Crippen LogP contribution >= 0.6 is 0 Å². The topological polar surface area (TPSA) is 32.3 Å². The molecule has 0 spiro atoms. The molecule has 0 saturated carbocycles. The van der Waals surface area contributed by atoms with Crippen LogP contribution in [0.25, 0.3) is 0 Å². The van der Waals surface area contributed by atoms with Crippen LogP contribution in [0.1, 0.15) is 19.4 Å². The van der Waals surface area contributed by atoms with Crippen LogP contribution in [0.3, 0.4) is 0 Å². The van der Waals surface area contributed by atoms with E-state index in [1.54, 1.807) is 19.2 Å². The lowest BCUT2D eigenvalue weighted by Crippen LogP contribution is -1.93. The minimum absolute atomic E-state index is 0.263. The van der Waals surface area contributed by atoms with Gasteiger partial charge in [-0.2, -0.15) is 0 Å². The van der Waals surface area contributed by atoms with Crippen molar-refractivity contribution in [1.82, 2.24) is 0 Å². The van der Waals surface area contributed by atoms with Crippen molar-refractivity contribution in [3.63, 3.8) is 0 Å². The molecule has 0 bridgehead atoms. The average Bonchev–Trinajstić information content (AvgIpc) is 2.22. The Balaban J connectivity index is 0.000000671. The first-order valence-electron chi connectivity index (χ1n) is 4.35. The van der Waals surface area contributed by atoms with Crippen molar-refractivity contribution in [2.24, 2.45) is 0 Å². The summed E-state index contributed by atoms with van der Waals surface area (Å²) in [6.07, 6.45) is 0. The van der Waals surface area contributed by atoms with Gasteiger partial charge in [0.15, 0.2) is 0 Å². The molecule has 0 amide bonds. The number of anilines is 1. The van der Waals surface area contributed by atoms with Gasteiger partial charge in [0.2, 0.25) is 0 Å². The van der Waals surface area contributed by atoms with Crippen LogP contribution in [0.15, 0.2) is 18.2 Å². The van der Waals surface area contributed by atoms with E-state index in [0.717, 1.165) is 5.69 Å². The van der Waals surface area contributed by atoms with Crippen LogP contribution in [0, 0.1) is 5.82 Å². The van der Waals surface area contributed by atoms with E-state index in [9.17, 15) is 4.39 Å². The van der Waals surface area contributed by atoms with Crippen LogP contribution in [0.4, 0.5) is 10.1 Å². The number of aliphatic hydroxyl groups excluding tert-OH is 1. The van der Waals surface area contributed by atoms with Crippen LogP contribution < -0.4 is 5.32 Å². The Morgan fingerprint density at radius 1 is 1.38 bits per heavy atom. The van der Waals surface area contributed by atoms with Crippen LogP contribution in [-0.2, 0) is 6.61 Å². The summed E-state index contributed by atoms with van der Waals surface area (Å²) in [4.78, 5) is 0. The number of aliphatic hydroxyl groups is 1. The maximum absolute atomic E-state index is 12.7. The molecule has 0 saturated heterocycles. The second kappa shape index (κ2) is 6.43. The fourth-order valence-electron chi connectivity index (χ4n) is 0.851. The molecule has 0 aromatic heterocycles. The van der Waals surface area contributed by atoms with E-state index < -0.39 is 0 Å². The molecule has 1 aromatic rings. The van der Waals surface area contributed by atoms with Gasteiger partial charge in [-0.15, -0.1) is 0 Å². The van der Waals surface area contributed by atoms with Gasteiger partial charge in [0, 0.05) is 18.3 Å². The number of benzene rings is 1. The second-order valence-electron chi connectivity index (χ2n) is 2.21. The molecular formula is C10H16FNO. The molecule has 0 heterocycles. The largest absolute Gasteiger partial charge is 0.392 e. The Hall–Kier alpha value is -1.09. The number of rotatable bonds is 2. The van der Waals surface area contributed by atoms with E-state index in [1.807, 2.05) is 13.8 Å². The van der Waals surface area contributed by atoms with Crippen LogP contribution in [0.2, 0.25) is 0 Å². The number of hydrogen-bond acceptors (Lipinski definition) is 2. The van der Waals surface area contributed by atoms with E-state index in [0.29, 0.717) is 5.56 Å². The highest BCUT2D eigenvalue weighted by molar-refractivity contribution is 5.45. The summed E-state index contributed by atoms with van der Waals surface area (Å²) in [6, 6.07) is 4.53. The summed E-state index contributed by atoms with van der Waals surface area (Å²) >= 11 is 0. The first kappa shape index (κ1) is 11.9. The van der Waals surface area contributed by atoms with Crippen molar-refractivity contribution < 1.29 is 9.50 Å². The van der Waals surface area contributed by atoms with Crippen molar-refractivity contribution >= 4 is 5.69 Å². The third kappa shape index (κ3) is 3.42. The summed E-state index contributed by atoms with van der Waals surface area (Å²) in [5, 5.41) is 11.5. The molecule has 74 valence electrons. The minimum atomic E-state index is -0.369. The van der Waals surface area contributed by atoms with E-state index in [4.69, 9.17) is 5.11 Å². The van der Waals surface area contributed by atoms with Gasteiger partial charge in [-0.1, -0.05) is 13.8 Å². The maximum atomic E-state index is 12.7. The molecule has 13 heavy (non-hydrogen) atoms. The molecule has 1 rings (SSSR count). The first-order chi connectivity index (χ1) is 6.27. The fraction of sp³-hybridized carbons (Fsp3) is 0.400. The maximum Gasteiger partial charge on any atom is 0.128 e. The van der Waals surface area contributed by atoms with Gasteiger partial charge in [-0.3, -0.25) is 0 Å². The molecule has 2 N–H and O–H groups in total. The van der Waals surface area contributed by atoms with Gasteiger partial charge in [0.05, 0.1) is 6.61 Å². The van der Waals surface area contributed by atoms with Crippen molar-refractivity contribution in [3.8, 4) is 0 Å². The monoisotopic (exact) mass is 185 g/mol. The number of halogens is 1. The van der Waals surface area contributed by atoms with Gasteiger partial charge in [0.25, 0.3) is 0 Å².